The van der Waals surface area contributed by atoms with E-state index in [4.69, 9.17) is 5.26 Å². The summed E-state index contributed by atoms with van der Waals surface area (Å²) in [5, 5.41) is 9.14. The first-order valence-electron chi connectivity index (χ1n) is 5.76. The second kappa shape index (κ2) is 4.72. The van der Waals surface area contributed by atoms with Gasteiger partial charge in [0.05, 0.1) is 11.5 Å². The zero-order valence-electron chi connectivity index (χ0n) is 9.88. The fourth-order valence-electron chi connectivity index (χ4n) is 2.05. The van der Waals surface area contributed by atoms with Crippen LogP contribution in [0.15, 0.2) is 24.3 Å². The zero-order valence-corrected chi connectivity index (χ0v) is 9.88. The molecule has 0 unspecified atom stereocenters. The predicted octanol–water partition coefficient (Wildman–Crippen LogP) is 3.87. The normalized spacial score (nSPS) is 17.7. The Bertz CT molecular complexity index is 506. The van der Waals surface area contributed by atoms with E-state index in [0.717, 1.165) is 6.42 Å². The van der Waals surface area contributed by atoms with Crippen LogP contribution in [-0.4, -0.2) is 12.5 Å². The number of ether oxygens (including phenoxy) is 1. The fraction of sp³-hybridized carbons (Fsp3) is 0.462. The number of alkyl halides is 4. The molecule has 19 heavy (non-hydrogen) atoms. The van der Waals surface area contributed by atoms with Gasteiger partial charge in [0.15, 0.2) is 0 Å². The highest BCUT2D eigenvalue weighted by molar-refractivity contribution is 5.40. The number of halogens is 4. The molecule has 1 aliphatic rings. The lowest BCUT2D eigenvalue weighted by molar-refractivity contribution is -0.253. The van der Waals surface area contributed by atoms with Gasteiger partial charge in [0, 0.05) is 0 Å². The molecule has 0 radical (unpaired) electrons. The Labute approximate surface area is 107 Å². The molecular formula is C13H11F4NO. The van der Waals surface area contributed by atoms with Gasteiger partial charge in [-0.3, -0.25) is 0 Å². The Morgan fingerprint density at radius 2 is 2.00 bits per heavy atom. The third-order valence-corrected chi connectivity index (χ3v) is 3.32. The molecular weight excluding hydrogens is 262 g/mol. The summed E-state index contributed by atoms with van der Waals surface area (Å²) in [6.07, 6.45) is -6.27. The summed E-state index contributed by atoms with van der Waals surface area (Å²) in [6, 6.07) is 7.60. The van der Waals surface area contributed by atoms with Gasteiger partial charge < -0.3 is 4.74 Å². The summed E-state index contributed by atoms with van der Waals surface area (Å²) >= 11 is 0. The van der Waals surface area contributed by atoms with Gasteiger partial charge in [-0.15, -0.1) is 0 Å². The van der Waals surface area contributed by atoms with Crippen molar-refractivity contribution in [2.45, 2.75) is 37.2 Å². The summed E-state index contributed by atoms with van der Waals surface area (Å²) in [6.45, 7) is 0. The smallest absolute Gasteiger partial charge is 0.428 e. The predicted molar refractivity (Wildman–Crippen MR) is 59.2 cm³/mol. The summed E-state index contributed by atoms with van der Waals surface area (Å²) in [7, 11) is 0. The van der Waals surface area contributed by atoms with Gasteiger partial charge in [-0.05, 0) is 37.0 Å². The van der Waals surface area contributed by atoms with Crippen molar-refractivity contribution in [3.8, 4) is 11.8 Å². The average molecular weight is 273 g/mol. The molecule has 0 amide bonds. The monoisotopic (exact) mass is 273 g/mol. The lowest BCUT2D eigenvalue weighted by Crippen LogP contribution is -2.34. The molecule has 1 aliphatic carbocycles. The number of nitrogens with zero attached hydrogens (tertiary/aromatic N) is 1. The van der Waals surface area contributed by atoms with Crippen LogP contribution in [0.25, 0.3) is 0 Å². The molecule has 1 saturated carbocycles. The SMILES string of the molecule is N#CC1(c2cccc(OC(F)(F)C(F)F)c2)CCC1. The maximum atomic E-state index is 12.8. The van der Waals surface area contributed by atoms with Gasteiger partial charge in [0.1, 0.15) is 5.75 Å². The van der Waals surface area contributed by atoms with Crippen LogP contribution < -0.4 is 4.74 Å². The standard InChI is InChI=1S/C13H11F4NO/c14-11(15)13(16,17)19-10-4-1-3-9(7-10)12(8-18)5-2-6-12/h1,3-4,7,11H,2,5-6H2. The van der Waals surface area contributed by atoms with E-state index in [0.29, 0.717) is 18.4 Å². The second-order valence-electron chi connectivity index (χ2n) is 4.54. The van der Waals surface area contributed by atoms with Crippen molar-refractivity contribution in [1.82, 2.24) is 0 Å². The Morgan fingerprint density at radius 3 is 2.47 bits per heavy atom. The zero-order chi connectivity index (χ0) is 14.1. The number of rotatable bonds is 4. The maximum absolute atomic E-state index is 12.8. The highest BCUT2D eigenvalue weighted by atomic mass is 19.3. The Hall–Kier alpha value is -1.77. The van der Waals surface area contributed by atoms with Crippen LogP contribution in [0.3, 0.4) is 0 Å². The third-order valence-electron chi connectivity index (χ3n) is 3.32. The lowest BCUT2D eigenvalue weighted by Gasteiger charge is -2.35. The average Bonchev–Trinajstić information content (AvgIpc) is 2.28. The van der Waals surface area contributed by atoms with Crippen molar-refractivity contribution >= 4 is 0 Å². The number of benzene rings is 1. The van der Waals surface area contributed by atoms with Crippen molar-refractivity contribution in [3.05, 3.63) is 29.8 Å². The molecule has 0 saturated heterocycles. The molecule has 1 aromatic carbocycles. The summed E-state index contributed by atoms with van der Waals surface area (Å²) in [5.41, 5.74) is -0.164. The van der Waals surface area contributed by atoms with Gasteiger partial charge in [0.2, 0.25) is 0 Å². The first kappa shape index (κ1) is 13.7. The molecule has 2 rings (SSSR count). The largest absolute Gasteiger partial charge is 0.461 e. The molecule has 0 heterocycles. The molecule has 6 heteroatoms. The Morgan fingerprint density at radius 1 is 1.32 bits per heavy atom. The highest BCUT2D eigenvalue weighted by Crippen LogP contribution is 2.44. The van der Waals surface area contributed by atoms with Crippen LogP contribution in [-0.2, 0) is 5.41 Å². The van der Waals surface area contributed by atoms with Crippen LogP contribution in [0, 0.1) is 11.3 Å². The molecule has 1 fully saturated rings. The van der Waals surface area contributed by atoms with Crippen molar-refractivity contribution < 1.29 is 22.3 Å². The van der Waals surface area contributed by atoms with Crippen LogP contribution in [0.1, 0.15) is 24.8 Å². The van der Waals surface area contributed by atoms with Crippen LogP contribution >= 0.6 is 0 Å². The minimum absolute atomic E-state index is 0.357. The van der Waals surface area contributed by atoms with Crippen molar-refractivity contribution in [2.24, 2.45) is 0 Å². The van der Waals surface area contributed by atoms with Gasteiger partial charge in [-0.1, -0.05) is 12.1 Å². The maximum Gasteiger partial charge on any atom is 0.461 e. The quantitative estimate of drug-likeness (QED) is 0.780. The summed E-state index contributed by atoms with van der Waals surface area (Å²) < 4.78 is 53.7. The molecule has 0 N–H and O–H groups in total. The number of hydrogen-bond acceptors (Lipinski definition) is 2. The fourth-order valence-corrected chi connectivity index (χ4v) is 2.05. The molecule has 0 aliphatic heterocycles. The number of nitriles is 1. The molecule has 0 aromatic heterocycles. The van der Waals surface area contributed by atoms with Crippen molar-refractivity contribution in [1.29, 1.82) is 5.26 Å². The molecule has 2 nitrogen and oxygen atoms in total. The van der Waals surface area contributed by atoms with E-state index in [-0.39, 0.29) is 5.75 Å². The molecule has 0 bridgehead atoms. The van der Waals surface area contributed by atoms with E-state index in [1.54, 1.807) is 6.07 Å². The van der Waals surface area contributed by atoms with Crippen LogP contribution in [0.2, 0.25) is 0 Å². The van der Waals surface area contributed by atoms with Crippen LogP contribution in [0.5, 0.6) is 5.75 Å². The summed E-state index contributed by atoms with van der Waals surface area (Å²) in [5.74, 6) is -0.357. The Kier molecular flexibility index (Phi) is 3.40. The lowest BCUT2D eigenvalue weighted by atomic mass is 9.65. The minimum Gasteiger partial charge on any atom is -0.428 e. The van der Waals surface area contributed by atoms with Gasteiger partial charge in [-0.2, -0.15) is 22.8 Å². The first-order valence-corrected chi connectivity index (χ1v) is 5.76. The van der Waals surface area contributed by atoms with Gasteiger partial charge in [-0.25, -0.2) is 0 Å². The van der Waals surface area contributed by atoms with E-state index in [2.05, 4.69) is 10.8 Å². The molecule has 0 atom stereocenters. The Balaban J connectivity index is 2.24. The van der Waals surface area contributed by atoms with Crippen molar-refractivity contribution in [3.63, 3.8) is 0 Å². The van der Waals surface area contributed by atoms with E-state index in [1.807, 2.05) is 0 Å². The van der Waals surface area contributed by atoms with E-state index in [1.165, 1.54) is 18.2 Å². The van der Waals surface area contributed by atoms with Crippen LogP contribution in [0.4, 0.5) is 17.6 Å². The van der Waals surface area contributed by atoms with E-state index in [9.17, 15) is 17.6 Å². The minimum atomic E-state index is -4.53. The van der Waals surface area contributed by atoms with Gasteiger partial charge >= 0.3 is 12.5 Å². The molecule has 102 valence electrons. The second-order valence-corrected chi connectivity index (χ2v) is 4.54. The molecule has 1 aromatic rings. The first-order chi connectivity index (χ1) is 8.89. The van der Waals surface area contributed by atoms with E-state index < -0.39 is 17.9 Å². The topological polar surface area (TPSA) is 33.0 Å². The highest BCUT2D eigenvalue weighted by Gasteiger charge is 2.44. The molecule has 0 spiro atoms. The third kappa shape index (κ3) is 2.50. The number of hydrogen-bond donors (Lipinski definition) is 0. The van der Waals surface area contributed by atoms with Crippen molar-refractivity contribution in [2.75, 3.05) is 0 Å². The van der Waals surface area contributed by atoms with E-state index >= 15 is 0 Å². The summed E-state index contributed by atoms with van der Waals surface area (Å²) in [4.78, 5) is 0. The van der Waals surface area contributed by atoms with Gasteiger partial charge in [0.25, 0.3) is 0 Å².